The summed E-state index contributed by atoms with van der Waals surface area (Å²) in [6.45, 7) is 2.79. The normalized spacial score (nSPS) is 14.0. The highest BCUT2D eigenvalue weighted by molar-refractivity contribution is 6.31. The molecule has 23 heavy (non-hydrogen) atoms. The number of ether oxygens (including phenoxy) is 1. The summed E-state index contributed by atoms with van der Waals surface area (Å²) in [5.74, 6) is 0.985. The van der Waals surface area contributed by atoms with E-state index in [0.29, 0.717) is 11.4 Å². The average molecular weight is 330 g/mol. The van der Waals surface area contributed by atoms with Crippen LogP contribution < -0.4 is 10.1 Å². The molecule has 120 valence electrons. The van der Waals surface area contributed by atoms with E-state index in [2.05, 4.69) is 17.4 Å². The lowest BCUT2D eigenvalue weighted by molar-refractivity contribution is -0.121. The van der Waals surface area contributed by atoms with E-state index in [9.17, 15) is 4.79 Å². The number of hydrogen-bond acceptors (Lipinski definition) is 2. The first-order valence-corrected chi connectivity index (χ1v) is 8.27. The molecule has 1 N–H and O–H groups in total. The third-order valence-corrected chi connectivity index (χ3v) is 4.38. The fourth-order valence-corrected chi connectivity index (χ4v) is 3.11. The molecule has 1 amide bonds. The van der Waals surface area contributed by atoms with Crippen molar-refractivity contribution >= 4 is 17.5 Å². The number of carbonyl (C=O) groups is 1. The highest BCUT2D eigenvalue weighted by Crippen LogP contribution is 2.26. The largest absolute Gasteiger partial charge is 0.493 e. The van der Waals surface area contributed by atoms with Crippen LogP contribution in [0.1, 0.15) is 23.6 Å². The van der Waals surface area contributed by atoms with Crippen molar-refractivity contribution in [2.24, 2.45) is 0 Å². The van der Waals surface area contributed by atoms with Crippen molar-refractivity contribution in [3.8, 4) is 5.75 Å². The zero-order valence-electron chi connectivity index (χ0n) is 13.1. The van der Waals surface area contributed by atoms with Crippen LogP contribution in [0.3, 0.4) is 0 Å². The molecule has 1 heterocycles. The van der Waals surface area contributed by atoms with Crippen molar-refractivity contribution in [3.05, 3.63) is 64.2 Å². The Morgan fingerprint density at radius 1 is 1.30 bits per heavy atom. The maximum atomic E-state index is 12.2. The lowest BCUT2D eigenvalue weighted by Crippen LogP contribution is -2.35. The van der Waals surface area contributed by atoms with Crippen LogP contribution in [0, 0.1) is 0 Å². The molecule has 3 nitrogen and oxygen atoms in total. The number of nitrogens with one attached hydrogen (secondary N) is 1. The summed E-state index contributed by atoms with van der Waals surface area (Å²) in [7, 11) is 0. The molecule has 3 rings (SSSR count). The molecular weight excluding hydrogens is 310 g/mol. The van der Waals surface area contributed by atoms with Crippen LogP contribution in [-0.4, -0.2) is 18.6 Å². The molecule has 0 bridgehead atoms. The fraction of sp³-hybridized carbons (Fsp3) is 0.316. The lowest BCUT2D eigenvalue weighted by Gasteiger charge is -2.15. The predicted molar refractivity (Wildman–Crippen MR) is 92.1 cm³/mol. The van der Waals surface area contributed by atoms with Crippen molar-refractivity contribution in [1.82, 2.24) is 5.32 Å². The molecule has 0 saturated carbocycles. The Bertz CT molecular complexity index is 714. The Labute approximate surface area is 141 Å². The third-order valence-electron chi connectivity index (χ3n) is 4.01. The van der Waals surface area contributed by atoms with Crippen molar-refractivity contribution in [3.63, 3.8) is 0 Å². The first-order valence-electron chi connectivity index (χ1n) is 7.89. The molecule has 1 aliphatic heterocycles. The van der Waals surface area contributed by atoms with Crippen LogP contribution in [0.2, 0.25) is 5.02 Å². The van der Waals surface area contributed by atoms with Crippen molar-refractivity contribution < 1.29 is 9.53 Å². The second-order valence-electron chi connectivity index (χ2n) is 5.98. The summed E-state index contributed by atoms with van der Waals surface area (Å²) < 4.78 is 5.52. The van der Waals surface area contributed by atoms with Gasteiger partial charge in [-0.2, -0.15) is 0 Å². The van der Waals surface area contributed by atoms with Gasteiger partial charge in [-0.05, 0) is 42.2 Å². The molecule has 0 aliphatic carbocycles. The Balaban J connectivity index is 1.55. The summed E-state index contributed by atoms with van der Waals surface area (Å²) in [6, 6.07) is 13.8. The second kappa shape index (κ2) is 7.05. The molecular formula is C19H20ClNO2. The van der Waals surface area contributed by atoms with Crippen molar-refractivity contribution in [2.75, 3.05) is 6.61 Å². The maximum Gasteiger partial charge on any atom is 0.224 e. The molecule has 2 aromatic rings. The molecule has 0 aromatic heterocycles. The fourth-order valence-electron chi connectivity index (χ4n) is 2.91. The van der Waals surface area contributed by atoms with Gasteiger partial charge in [-0.25, -0.2) is 0 Å². The van der Waals surface area contributed by atoms with E-state index < -0.39 is 0 Å². The summed E-state index contributed by atoms with van der Waals surface area (Å²) >= 11 is 6.10. The number of benzene rings is 2. The van der Waals surface area contributed by atoms with Crippen LogP contribution in [-0.2, 0) is 24.1 Å². The molecule has 4 heteroatoms. The molecule has 1 atom stereocenters. The predicted octanol–water partition coefficient (Wildman–Crippen LogP) is 3.56. The number of hydrogen-bond donors (Lipinski definition) is 1. The quantitative estimate of drug-likeness (QED) is 0.910. The number of amides is 1. The van der Waals surface area contributed by atoms with Crippen LogP contribution in [0.15, 0.2) is 42.5 Å². The summed E-state index contributed by atoms with van der Waals surface area (Å²) in [5.41, 5.74) is 3.34. The van der Waals surface area contributed by atoms with Gasteiger partial charge in [-0.15, -0.1) is 0 Å². The smallest absolute Gasteiger partial charge is 0.224 e. The second-order valence-corrected chi connectivity index (χ2v) is 6.39. The van der Waals surface area contributed by atoms with Crippen LogP contribution >= 0.6 is 11.6 Å². The SMILES string of the molecule is CC(Cc1ccc2c(c1)CCO2)NC(=O)Cc1ccccc1Cl. The van der Waals surface area contributed by atoms with Gasteiger partial charge in [0.05, 0.1) is 13.0 Å². The Hall–Kier alpha value is -2.00. The number of fused-ring (bicyclic) bond motifs is 1. The van der Waals surface area contributed by atoms with Crippen molar-refractivity contribution in [1.29, 1.82) is 0 Å². The minimum Gasteiger partial charge on any atom is -0.493 e. The maximum absolute atomic E-state index is 12.2. The number of halogens is 1. The molecule has 0 saturated heterocycles. The standard InChI is InChI=1S/C19H20ClNO2/c1-13(10-14-6-7-18-16(11-14)8-9-23-18)21-19(22)12-15-4-2-3-5-17(15)20/h2-7,11,13H,8-10,12H2,1H3,(H,21,22). The van der Waals surface area contributed by atoms with Gasteiger partial charge in [-0.3, -0.25) is 4.79 Å². The highest BCUT2D eigenvalue weighted by atomic mass is 35.5. The van der Waals surface area contributed by atoms with E-state index >= 15 is 0 Å². The average Bonchev–Trinajstić information content (AvgIpc) is 2.97. The minimum atomic E-state index is -0.00454. The van der Waals surface area contributed by atoms with Crippen molar-refractivity contribution in [2.45, 2.75) is 32.2 Å². The van der Waals surface area contributed by atoms with Crippen LogP contribution in [0.5, 0.6) is 5.75 Å². The van der Waals surface area contributed by atoms with Gasteiger partial charge in [-0.1, -0.05) is 41.9 Å². The van der Waals surface area contributed by atoms with Gasteiger partial charge < -0.3 is 10.1 Å². The van der Waals surface area contributed by atoms with Gasteiger partial charge in [0.15, 0.2) is 0 Å². The van der Waals surface area contributed by atoms with E-state index in [1.165, 1.54) is 11.1 Å². The number of rotatable bonds is 5. The van der Waals surface area contributed by atoms with Gasteiger partial charge in [0.25, 0.3) is 0 Å². The number of carbonyl (C=O) groups excluding carboxylic acids is 1. The topological polar surface area (TPSA) is 38.3 Å². The van der Waals surface area contributed by atoms with Gasteiger partial charge in [0.1, 0.15) is 5.75 Å². The molecule has 0 radical (unpaired) electrons. The molecule has 0 fully saturated rings. The first-order chi connectivity index (χ1) is 11.1. The zero-order chi connectivity index (χ0) is 16.2. The Morgan fingerprint density at radius 3 is 2.96 bits per heavy atom. The van der Waals surface area contributed by atoms with Crippen LogP contribution in [0.25, 0.3) is 0 Å². The summed E-state index contributed by atoms with van der Waals surface area (Å²) in [6.07, 6.45) is 2.08. The summed E-state index contributed by atoms with van der Waals surface area (Å²) in [4.78, 5) is 12.2. The molecule has 0 spiro atoms. The highest BCUT2D eigenvalue weighted by Gasteiger charge is 2.14. The first kappa shape index (κ1) is 15.9. The van der Waals surface area contributed by atoms with Crippen LogP contribution in [0.4, 0.5) is 0 Å². The van der Waals surface area contributed by atoms with Gasteiger partial charge in [0.2, 0.25) is 5.91 Å². The third kappa shape index (κ3) is 4.05. The zero-order valence-corrected chi connectivity index (χ0v) is 13.9. The lowest BCUT2D eigenvalue weighted by atomic mass is 10.0. The van der Waals surface area contributed by atoms with E-state index in [-0.39, 0.29) is 11.9 Å². The Morgan fingerprint density at radius 2 is 2.13 bits per heavy atom. The monoisotopic (exact) mass is 329 g/mol. The molecule has 2 aromatic carbocycles. The van der Waals surface area contributed by atoms with E-state index in [0.717, 1.165) is 30.8 Å². The van der Waals surface area contributed by atoms with Gasteiger partial charge >= 0.3 is 0 Å². The van der Waals surface area contributed by atoms with E-state index in [4.69, 9.17) is 16.3 Å². The van der Waals surface area contributed by atoms with E-state index in [1.807, 2.05) is 31.2 Å². The van der Waals surface area contributed by atoms with Gasteiger partial charge in [0, 0.05) is 17.5 Å². The molecule has 1 aliphatic rings. The summed E-state index contributed by atoms with van der Waals surface area (Å²) in [5, 5.41) is 3.68. The minimum absolute atomic E-state index is 0.00454. The molecule has 1 unspecified atom stereocenters. The Kier molecular flexibility index (Phi) is 4.87. The van der Waals surface area contributed by atoms with E-state index in [1.54, 1.807) is 6.07 Å².